The zero-order valence-corrected chi connectivity index (χ0v) is 11.5. The fourth-order valence-electron chi connectivity index (χ4n) is 2.30. The largest absolute Gasteiger partial charge is 0.399 e. The molecule has 0 unspecified atom stereocenters. The van der Waals surface area contributed by atoms with Crippen molar-refractivity contribution >= 4 is 22.5 Å². The minimum atomic E-state index is -0.0904. The van der Waals surface area contributed by atoms with Gasteiger partial charge in [0, 0.05) is 48.3 Å². The number of benzene rings is 1. The predicted octanol–water partition coefficient (Wildman–Crippen LogP) is 1.77. The number of fused-ring (bicyclic) bond motifs is 1. The Morgan fingerprint density at radius 1 is 1.43 bits per heavy atom. The molecule has 21 heavy (non-hydrogen) atoms. The van der Waals surface area contributed by atoms with Crippen molar-refractivity contribution in [1.82, 2.24) is 20.1 Å². The quantitative estimate of drug-likeness (QED) is 0.492. The highest BCUT2D eigenvalue weighted by Crippen LogP contribution is 2.20. The second kappa shape index (κ2) is 5.70. The van der Waals surface area contributed by atoms with Gasteiger partial charge in [-0.25, -0.2) is 0 Å². The number of nitrogens with one attached hydrogen (secondary N) is 2. The van der Waals surface area contributed by atoms with Gasteiger partial charge in [-0.1, -0.05) is 0 Å². The maximum absolute atomic E-state index is 12.2. The number of amides is 1. The van der Waals surface area contributed by atoms with Crippen molar-refractivity contribution in [2.45, 2.75) is 13.0 Å². The number of aromatic amines is 1. The number of nitrogens with two attached hydrogens (primary N) is 1. The van der Waals surface area contributed by atoms with Crippen molar-refractivity contribution in [2.75, 3.05) is 12.3 Å². The SMILES string of the molecule is Nc1ccc2[nH]cc(C(=O)NCCCn3cccn3)c2c1. The molecule has 6 heteroatoms. The van der Waals surface area contributed by atoms with Crippen LogP contribution in [0.4, 0.5) is 5.69 Å². The van der Waals surface area contributed by atoms with Crippen LogP contribution in [0.15, 0.2) is 42.9 Å². The highest BCUT2D eigenvalue weighted by Gasteiger charge is 2.11. The van der Waals surface area contributed by atoms with E-state index in [-0.39, 0.29) is 5.91 Å². The number of hydrogen-bond acceptors (Lipinski definition) is 3. The molecular formula is C15H17N5O. The summed E-state index contributed by atoms with van der Waals surface area (Å²) in [5, 5.41) is 7.88. The summed E-state index contributed by atoms with van der Waals surface area (Å²) in [6.07, 6.45) is 6.20. The third-order valence-corrected chi connectivity index (χ3v) is 3.36. The Morgan fingerprint density at radius 2 is 2.33 bits per heavy atom. The van der Waals surface area contributed by atoms with Gasteiger partial charge in [-0.2, -0.15) is 5.10 Å². The van der Waals surface area contributed by atoms with Crippen molar-refractivity contribution in [3.63, 3.8) is 0 Å². The van der Waals surface area contributed by atoms with E-state index < -0.39 is 0 Å². The van der Waals surface area contributed by atoms with E-state index in [9.17, 15) is 4.79 Å². The Kier molecular flexibility index (Phi) is 3.59. The van der Waals surface area contributed by atoms with Crippen molar-refractivity contribution in [3.05, 3.63) is 48.4 Å². The molecule has 3 rings (SSSR count). The summed E-state index contributed by atoms with van der Waals surface area (Å²) >= 11 is 0. The van der Waals surface area contributed by atoms with E-state index >= 15 is 0 Å². The molecule has 0 bridgehead atoms. The molecule has 108 valence electrons. The van der Waals surface area contributed by atoms with Crippen LogP contribution in [0.25, 0.3) is 10.9 Å². The molecule has 0 atom stereocenters. The Bertz CT molecular complexity index is 745. The van der Waals surface area contributed by atoms with Gasteiger partial charge in [-0.15, -0.1) is 0 Å². The Hall–Kier alpha value is -2.76. The summed E-state index contributed by atoms with van der Waals surface area (Å²) in [4.78, 5) is 15.3. The number of H-pyrrole nitrogens is 1. The number of rotatable bonds is 5. The number of aryl methyl sites for hydroxylation is 1. The molecule has 1 amide bonds. The summed E-state index contributed by atoms with van der Waals surface area (Å²) in [7, 11) is 0. The van der Waals surface area contributed by atoms with Crippen molar-refractivity contribution in [2.24, 2.45) is 0 Å². The smallest absolute Gasteiger partial charge is 0.253 e. The van der Waals surface area contributed by atoms with Gasteiger partial charge in [0.05, 0.1) is 5.56 Å². The van der Waals surface area contributed by atoms with E-state index in [0.29, 0.717) is 17.8 Å². The highest BCUT2D eigenvalue weighted by atomic mass is 16.1. The Labute approximate surface area is 121 Å². The van der Waals surface area contributed by atoms with Crippen molar-refractivity contribution < 1.29 is 4.79 Å². The monoisotopic (exact) mass is 283 g/mol. The lowest BCUT2D eigenvalue weighted by Gasteiger charge is -2.05. The van der Waals surface area contributed by atoms with E-state index in [0.717, 1.165) is 23.9 Å². The fraction of sp³-hybridized carbons (Fsp3) is 0.200. The fourth-order valence-corrected chi connectivity index (χ4v) is 2.30. The van der Waals surface area contributed by atoms with Crippen molar-refractivity contribution in [1.29, 1.82) is 0 Å². The minimum absolute atomic E-state index is 0.0904. The van der Waals surface area contributed by atoms with E-state index in [1.807, 2.05) is 35.1 Å². The molecule has 0 aliphatic rings. The minimum Gasteiger partial charge on any atom is -0.399 e. The maximum Gasteiger partial charge on any atom is 0.253 e. The number of nitrogen functional groups attached to an aromatic ring is 1. The lowest BCUT2D eigenvalue weighted by molar-refractivity contribution is 0.0954. The van der Waals surface area contributed by atoms with Crippen molar-refractivity contribution in [3.8, 4) is 0 Å². The molecule has 6 nitrogen and oxygen atoms in total. The first kappa shape index (κ1) is 13.2. The van der Waals surface area contributed by atoms with Crippen LogP contribution in [0.5, 0.6) is 0 Å². The molecule has 0 saturated carbocycles. The van der Waals surface area contributed by atoms with Crippen LogP contribution in [0, 0.1) is 0 Å². The molecular weight excluding hydrogens is 266 g/mol. The molecule has 2 aromatic heterocycles. The van der Waals surface area contributed by atoms with E-state index in [2.05, 4.69) is 15.4 Å². The third kappa shape index (κ3) is 2.89. The average Bonchev–Trinajstić information content (AvgIpc) is 3.12. The van der Waals surface area contributed by atoms with Crippen LogP contribution < -0.4 is 11.1 Å². The molecule has 0 aliphatic heterocycles. The summed E-state index contributed by atoms with van der Waals surface area (Å²) in [5.41, 5.74) is 7.95. The van der Waals surface area contributed by atoms with Gasteiger partial charge in [0.2, 0.25) is 0 Å². The molecule has 0 saturated heterocycles. The predicted molar refractivity (Wildman–Crippen MR) is 81.9 cm³/mol. The van der Waals surface area contributed by atoms with E-state index in [4.69, 9.17) is 5.73 Å². The van der Waals surface area contributed by atoms with Gasteiger partial charge in [0.25, 0.3) is 5.91 Å². The molecule has 3 aromatic rings. The normalized spacial score (nSPS) is 10.9. The average molecular weight is 283 g/mol. The summed E-state index contributed by atoms with van der Waals surface area (Å²) < 4.78 is 1.85. The van der Waals surface area contributed by atoms with Gasteiger partial charge in [-0.05, 0) is 30.7 Å². The molecule has 0 fully saturated rings. The second-order valence-corrected chi connectivity index (χ2v) is 4.89. The zero-order chi connectivity index (χ0) is 14.7. The first-order valence-electron chi connectivity index (χ1n) is 6.86. The van der Waals surface area contributed by atoms with Crippen LogP contribution in [0.2, 0.25) is 0 Å². The molecule has 0 radical (unpaired) electrons. The van der Waals surface area contributed by atoms with E-state index in [1.165, 1.54) is 0 Å². The van der Waals surface area contributed by atoms with Crippen LogP contribution in [0.1, 0.15) is 16.8 Å². The molecule has 2 heterocycles. The standard InChI is InChI=1S/C15H17N5O/c16-11-3-4-14-12(9-11)13(10-18-14)15(21)17-5-1-7-20-8-2-6-19-20/h2-4,6,8-10,18H,1,5,7,16H2,(H,17,21). The zero-order valence-electron chi connectivity index (χ0n) is 11.5. The number of aromatic nitrogens is 3. The van der Waals surface area contributed by atoms with Crippen LogP contribution in [-0.4, -0.2) is 27.2 Å². The highest BCUT2D eigenvalue weighted by molar-refractivity contribution is 6.07. The topological polar surface area (TPSA) is 88.7 Å². The van der Waals surface area contributed by atoms with Crippen LogP contribution in [0.3, 0.4) is 0 Å². The van der Waals surface area contributed by atoms with Gasteiger partial charge < -0.3 is 16.0 Å². The van der Waals surface area contributed by atoms with Crippen LogP contribution in [-0.2, 0) is 6.54 Å². The van der Waals surface area contributed by atoms with E-state index in [1.54, 1.807) is 12.4 Å². The molecule has 0 spiro atoms. The van der Waals surface area contributed by atoms with Gasteiger partial charge in [0.1, 0.15) is 0 Å². The number of anilines is 1. The number of nitrogens with zero attached hydrogens (tertiary/aromatic N) is 2. The summed E-state index contributed by atoms with van der Waals surface area (Å²) in [5.74, 6) is -0.0904. The maximum atomic E-state index is 12.2. The Morgan fingerprint density at radius 3 is 3.14 bits per heavy atom. The van der Waals surface area contributed by atoms with Gasteiger partial charge >= 0.3 is 0 Å². The first-order valence-corrected chi connectivity index (χ1v) is 6.86. The lowest BCUT2D eigenvalue weighted by atomic mass is 10.1. The first-order chi connectivity index (χ1) is 10.2. The summed E-state index contributed by atoms with van der Waals surface area (Å²) in [6, 6.07) is 7.38. The molecule has 0 aliphatic carbocycles. The molecule has 4 N–H and O–H groups in total. The van der Waals surface area contributed by atoms with Crippen LogP contribution >= 0.6 is 0 Å². The Balaban J connectivity index is 1.60. The second-order valence-electron chi connectivity index (χ2n) is 4.89. The lowest BCUT2D eigenvalue weighted by Crippen LogP contribution is -2.25. The van der Waals surface area contributed by atoms with Gasteiger partial charge in [-0.3, -0.25) is 9.48 Å². The molecule has 1 aromatic carbocycles. The number of carbonyl (C=O) groups is 1. The third-order valence-electron chi connectivity index (χ3n) is 3.36. The summed E-state index contributed by atoms with van der Waals surface area (Å²) in [6.45, 7) is 1.39. The number of carbonyl (C=O) groups excluding carboxylic acids is 1. The number of hydrogen-bond donors (Lipinski definition) is 3. The van der Waals surface area contributed by atoms with Gasteiger partial charge in [0.15, 0.2) is 0 Å².